The van der Waals surface area contributed by atoms with E-state index in [0.717, 1.165) is 18.8 Å². The van der Waals surface area contributed by atoms with Crippen LogP contribution in [0.5, 0.6) is 0 Å². The van der Waals surface area contributed by atoms with E-state index in [4.69, 9.17) is 4.42 Å². The molecule has 3 unspecified atom stereocenters. The molecule has 1 aromatic heterocycles. The minimum absolute atomic E-state index is 0.153. The number of aromatic nitrogens is 1. The Hall–Kier alpha value is -0.950. The van der Waals surface area contributed by atoms with Crippen molar-refractivity contribution in [2.45, 2.75) is 49.5 Å². The fraction of sp³-hybridized carbons (Fsp3) is 0.692. The lowest BCUT2D eigenvalue weighted by atomic mass is 9.80. The molecule has 92 valence electrons. The molecule has 4 heteroatoms. The second-order valence-corrected chi connectivity index (χ2v) is 5.85. The van der Waals surface area contributed by atoms with Crippen LogP contribution in [0.4, 0.5) is 0 Å². The van der Waals surface area contributed by atoms with Crippen LogP contribution >= 0.6 is 11.8 Å². The first-order valence-electron chi connectivity index (χ1n) is 6.29. The Labute approximate surface area is 107 Å². The Morgan fingerprint density at radius 2 is 2.47 bits per heavy atom. The number of nitrogens with zero attached hydrogens (tertiary/aromatic N) is 2. The SMILES string of the molecule is CCCC1CCC(C#N)C(Sc2ncco2)C1. The van der Waals surface area contributed by atoms with Gasteiger partial charge in [-0.1, -0.05) is 31.5 Å². The van der Waals surface area contributed by atoms with Gasteiger partial charge < -0.3 is 4.42 Å². The molecule has 17 heavy (non-hydrogen) atoms. The smallest absolute Gasteiger partial charge is 0.255 e. The Morgan fingerprint density at radius 1 is 1.59 bits per heavy atom. The molecule has 0 radical (unpaired) electrons. The lowest BCUT2D eigenvalue weighted by molar-refractivity contribution is 0.305. The molecule has 0 aliphatic heterocycles. The van der Waals surface area contributed by atoms with Crippen LogP contribution in [-0.2, 0) is 0 Å². The molecule has 3 atom stereocenters. The van der Waals surface area contributed by atoms with E-state index in [1.807, 2.05) is 0 Å². The minimum Gasteiger partial charge on any atom is -0.440 e. The van der Waals surface area contributed by atoms with Crippen molar-refractivity contribution < 1.29 is 4.42 Å². The maximum Gasteiger partial charge on any atom is 0.255 e. The molecule has 1 aliphatic carbocycles. The van der Waals surface area contributed by atoms with Crippen LogP contribution in [0.2, 0.25) is 0 Å². The van der Waals surface area contributed by atoms with Gasteiger partial charge in [0.15, 0.2) is 0 Å². The Morgan fingerprint density at radius 3 is 3.12 bits per heavy atom. The monoisotopic (exact) mass is 250 g/mol. The first-order valence-corrected chi connectivity index (χ1v) is 7.17. The van der Waals surface area contributed by atoms with Gasteiger partial charge in [-0.2, -0.15) is 5.26 Å². The van der Waals surface area contributed by atoms with Gasteiger partial charge in [-0.15, -0.1) is 0 Å². The average Bonchev–Trinajstić information content (AvgIpc) is 2.83. The van der Waals surface area contributed by atoms with E-state index in [9.17, 15) is 5.26 Å². The molecule has 0 saturated heterocycles. The standard InChI is InChI=1S/C13H18N2OS/c1-2-3-10-4-5-11(9-14)12(8-10)17-13-15-6-7-16-13/h6-7,10-12H,2-5,8H2,1H3. The van der Waals surface area contributed by atoms with Crippen molar-refractivity contribution in [1.82, 2.24) is 4.98 Å². The summed E-state index contributed by atoms with van der Waals surface area (Å²) in [5, 5.41) is 10.2. The largest absolute Gasteiger partial charge is 0.440 e. The van der Waals surface area contributed by atoms with E-state index in [2.05, 4.69) is 18.0 Å². The van der Waals surface area contributed by atoms with Gasteiger partial charge in [-0.3, -0.25) is 0 Å². The van der Waals surface area contributed by atoms with E-state index in [-0.39, 0.29) is 5.92 Å². The fourth-order valence-electron chi connectivity index (χ4n) is 2.56. The van der Waals surface area contributed by atoms with Crippen LogP contribution in [0.25, 0.3) is 0 Å². The molecule has 2 rings (SSSR count). The van der Waals surface area contributed by atoms with Gasteiger partial charge in [0.25, 0.3) is 5.22 Å². The molecule has 1 aliphatic rings. The van der Waals surface area contributed by atoms with Crippen molar-refractivity contribution >= 4 is 11.8 Å². The van der Waals surface area contributed by atoms with Crippen LogP contribution in [0.3, 0.4) is 0 Å². The third-order valence-corrected chi connectivity index (χ3v) is 4.65. The van der Waals surface area contributed by atoms with Gasteiger partial charge in [0.05, 0.1) is 18.2 Å². The van der Waals surface area contributed by atoms with Gasteiger partial charge in [0.1, 0.15) is 6.26 Å². The number of thioether (sulfide) groups is 1. The number of hydrogen-bond acceptors (Lipinski definition) is 4. The zero-order valence-corrected chi connectivity index (χ0v) is 10.9. The third-order valence-electron chi connectivity index (χ3n) is 3.42. The minimum atomic E-state index is 0.153. The molecule has 0 N–H and O–H groups in total. The number of hydrogen-bond donors (Lipinski definition) is 0. The van der Waals surface area contributed by atoms with E-state index >= 15 is 0 Å². The molecule has 0 amide bonds. The highest BCUT2D eigenvalue weighted by Gasteiger charge is 2.31. The second kappa shape index (κ2) is 6.11. The van der Waals surface area contributed by atoms with Gasteiger partial charge in [-0.25, -0.2) is 4.98 Å². The van der Waals surface area contributed by atoms with E-state index in [1.54, 1.807) is 24.2 Å². The fourth-order valence-corrected chi connectivity index (χ4v) is 3.78. The number of nitriles is 1. The maximum absolute atomic E-state index is 9.19. The highest BCUT2D eigenvalue weighted by atomic mass is 32.2. The van der Waals surface area contributed by atoms with Crippen molar-refractivity contribution in [2.24, 2.45) is 11.8 Å². The lowest BCUT2D eigenvalue weighted by Crippen LogP contribution is -2.26. The molecule has 1 aromatic rings. The summed E-state index contributed by atoms with van der Waals surface area (Å²) in [6.07, 6.45) is 9.12. The first kappa shape index (κ1) is 12.5. The summed E-state index contributed by atoms with van der Waals surface area (Å²) in [6, 6.07) is 2.44. The van der Waals surface area contributed by atoms with Crippen LogP contribution < -0.4 is 0 Å². The van der Waals surface area contributed by atoms with Crippen molar-refractivity contribution in [2.75, 3.05) is 0 Å². The molecule has 1 saturated carbocycles. The van der Waals surface area contributed by atoms with E-state index in [0.29, 0.717) is 10.5 Å². The van der Waals surface area contributed by atoms with Crippen LogP contribution in [0.15, 0.2) is 22.1 Å². The Balaban J connectivity index is 1.98. The molecule has 1 heterocycles. The molecular weight excluding hydrogens is 232 g/mol. The average molecular weight is 250 g/mol. The molecular formula is C13H18N2OS. The van der Waals surface area contributed by atoms with Crippen molar-refractivity contribution in [3.05, 3.63) is 12.5 Å². The summed E-state index contributed by atoms with van der Waals surface area (Å²) >= 11 is 1.63. The molecule has 0 aromatic carbocycles. The van der Waals surface area contributed by atoms with Gasteiger partial charge in [-0.05, 0) is 25.2 Å². The highest BCUT2D eigenvalue weighted by molar-refractivity contribution is 7.99. The van der Waals surface area contributed by atoms with Crippen LogP contribution in [-0.4, -0.2) is 10.2 Å². The third kappa shape index (κ3) is 3.26. The summed E-state index contributed by atoms with van der Waals surface area (Å²) in [4.78, 5) is 4.14. The van der Waals surface area contributed by atoms with Crippen LogP contribution in [0.1, 0.15) is 39.0 Å². The van der Waals surface area contributed by atoms with E-state index in [1.165, 1.54) is 19.3 Å². The topological polar surface area (TPSA) is 49.8 Å². The maximum atomic E-state index is 9.19. The van der Waals surface area contributed by atoms with Gasteiger partial charge in [0, 0.05) is 5.25 Å². The van der Waals surface area contributed by atoms with Crippen molar-refractivity contribution in [1.29, 1.82) is 5.26 Å². The molecule has 0 spiro atoms. The van der Waals surface area contributed by atoms with Gasteiger partial charge in [0.2, 0.25) is 0 Å². The van der Waals surface area contributed by atoms with Gasteiger partial charge >= 0.3 is 0 Å². The van der Waals surface area contributed by atoms with E-state index < -0.39 is 0 Å². The molecule has 3 nitrogen and oxygen atoms in total. The number of rotatable bonds is 4. The summed E-state index contributed by atoms with van der Waals surface area (Å²) < 4.78 is 5.27. The Kier molecular flexibility index (Phi) is 4.49. The summed E-state index contributed by atoms with van der Waals surface area (Å²) in [7, 11) is 0. The zero-order valence-electron chi connectivity index (χ0n) is 10.1. The summed E-state index contributed by atoms with van der Waals surface area (Å²) in [6.45, 7) is 2.23. The first-order chi connectivity index (χ1) is 8.33. The Bertz CT molecular complexity index is 371. The summed E-state index contributed by atoms with van der Waals surface area (Å²) in [5.74, 6) is 0.928. The summed E-state index contributed by atoms with van der Waals surface area (Å²) in [5.41, 5.74) is 0. The highest BCUT2D eigenvalue weighted by Crippen LogP contribution is 2.40. The zero-order chi connectivity index (χ0) is 12.1. The predicted octanol–water partition coefficient (Wildman–Crippen LogP) is 3.88. The molecule has 0 bridgehead atoms. The quantitative estimate of drug-likeness (QED) is 0.813. The molecule has 1 fully saturated rings. The number of oxazole rings is 1. The van der Waals surface area contributed by atoms with Crippen molar-refractivity contribution in [3.8, 4) is 6.07 Å². The normalized spacial score (nSPS) is 28.8. The van der Waals surface area contributed by atoms with Crippen LogP contribution in [0, 0.1) is 23.2 Å². The lowest BCUT2D eigenvalue weighted by Gasteiger charge is -2.31. The predicted molar refractivity (Wildman–Crippen MR) is 67.5 cm³/mol. The second-order valence-electron chi connectivity index (χ2n) is 4.66. The van der Waals surface area contributed by atoms with Crippen molar-refractivity contribution in [3.63, 3.8) is 0 Å².